The minimum atomic E-state index is -0.219. The van der Waals surface area contributed by atoms with Crippen LogP contribution in [0.25, 0.3) is 4.85 Å². The molecule has 1 aromatic heterocycles. The number of hydrogen-bond acceptors (Lipinski definition) is 7. The van der Waals surface area contributed by atoms with Gasteiger partial charge in [0.25, 0.3) is 0 Å². The highest BCUT2D eigenvalue weighted by Gasteiger charge is 2.44. The molecule has 1 saturated carbocycles. The van der Waals surface area contributed by atoms with E-state index >= 15 is 0 Å². The van der Waals surface area contributed by atoms with Gasteiger partial charge in [-0.25, -0.2) is 6.57 Å². The van der Waals surface area contributed by atoms with Gasteiger partial charge in [-0.15, -0.1) is 0 Å². The number of anilines is 2. The van der Waals surface area contributed by atoms with Crippen LogP contribution in [0, 0.1) is 25.8 Å². The van der Waals surface area contributed by atoms with Crippen LogP contribution in [0.4, 0.5) is 11.5 Å². The van der Waals surface area contributed by atoms with Crippen LogP contribution in [-0.4, -0.2) is 91.2 Å². The molecule has 2 aromatic rings. The Labute approximate surface area is 244 Å². The second-order valence-corrected chi connectivity index (χ2v) is 12.4. The summed E-state index contributed by atoms with van der Waals surface area (Å²) in [6.07, 6.45) is 4.45. The fraction of sp³-hybridized carbons (Fsp3) is 0.562. The van der Waals surface area contributed by atoms with Crippen molar-refractivity contribution in [2.75, 3.05) is 63.2 Å². The third kappa shape index (κ3) is 6.03. The molecule has 3 aliphatic rings. The number of aromatic nitrogens is 2. The third-order valence-corrected chi connectivity index (χ3v) is 8.95. The van der Waals surface area contributed by atoms with Gasteiger partial charge in [-0.2, -0.15) is 9.97 Å². The summed E-state index contributed by atoms with van der Waals surface area (Å²) in [7, 11) is 4.21. The highest BCUT2D eigenvalue weighted by molar-refractivity contribution is 5.87. The molecule has 5 rings (SSSR count). The topological polar surface area (TPSA) is 69.4 Å². The van der Waals surface area contributed by atoms with E-state index in [9.17, 15) is 4.79 Å². The maximum absolute atomic E-state index is 12.5. The smallest absolute Gasteiger partial charge is 0.318 e. The van der Waals surface area contributed by atoms with Crippen LogP contribution < -0.4 is 14.5 Å². The first-order valence-corrected chi connectivity index (χ1v) is 14.7. The van der Waals surface area contributed by atoms with Gasteiger partial charge >= 0.3 is 6.01 Å². The van der Waals surface area contributed by atoms with Gasteiger partial charge in [0.15, 0.2) is 0 Å². The largest absolute Gasteiger partial charge is 0.463 e. The van der Waals surface area contributed by atoms with Crippen molar-refractivity contribution in [3.8, 4) is 6.01 Å². The fourth-order valence-electron chi connectivity index (χ4n) is 6.38. The van der Waals surface area contributed by atoms with Crippen molar-refractivity contribution in [1.29, 1.82) is 0 Å². The number of nitrogens with zero attached hydrogens (tertiary/aromatic N) is 7. The summed E-state index contributed by atoms with van der Waals surface area (Å²) < 4.78 is 6.37. The van der Waals surface area contributed by atoms with E-state index < -0.39 is 0 Å². The number of carbonyl (C=O) groups excluding carboxylic acids is 1. The predicted octanol–water partition coefficient (Wildman–Crippen LogP) is 3.89. The van der Waals surface area contributed by atoms with Crippen LogP contribution in [0.1, 0.15) is 42.1 Å². The number of hydrogen-bond donors (Lipinski definition) is 0. The molecule has 2 fully saturated rings. The van der Waals surface area contributed by atoms with Gasteiger partial charge in [0.1, 0.15) is 11.9 Å². The molecule has 0 radical (unpaired) electrons. The Morgan fingerprint density at radius 1 is 1.27 bits per heavy atom. The molecule has 218 valence electrons. The van der Waals surface area contributed by atoms with Crippen LogP contribution in [-0.2, 0) is 17.8 Å². The molecule has 0 spiro atoms. The van der Waals surface area contributed by atoms with E-state index in [0.717, 1.165) is 42.9 Å². The number of amides is 1. The third-order valence-electron chi connectivity index (χ3n) is 8.95. The highest BCUT2D eigenvalue weighted by Crippen LogP contribution is 2.46. The van der Waals surface area contributed by atoms with Crippen molar-refractivity contribution in [2.24, 2.45) is 5.41 Å². The van der Waals surface area contributed by atoms with Crippen molar-refractivity contribution in [3.63, 3.8) is 0 Å². The average molecular weight is 558 g/mol. The van der Waals surface area contributed by atoms with Gasteiger partial charge < -0.3 is 29.2 Å². The van der Waals surface area contributed by atoms with Gasteiger partial charge in [0, 0.05) is 48.9 Å². The molecular formula is C32H43N7O2. The van der Waals surface area contributed by atoms with Crippen LogP contribution in [0.15, 0.2) is 30.9 Å². The molecule has 41 heavy (non-hydrogen) atoms. The number of ether oxygens (including phenoxy) is 1. The van der Waals surface area contributed by atoms with E-state index in [2.05, 4.69) is 79.2 Å². The Morgan fingerprint density at radius 3 is 2.73 bits per heavy atom. The molecule has 3 heterocycles. The molecule has 9 heteroatoms. The lowest BCUT2D eigenvalue weighted by atomic mass is 9.96. The Kier molecular flexibility index (Phi) is 8.23. The number of piperazine rings is 1. The lowest BCUT2D eigenvalue weighted by molar-refractivity contribution is -0.128. The molecule has 1 aliphatic carbocycles. The normalized spacial score (nSPS) is 21.3. The van der Waals surface area contributed by atoms with E-state index in [0.29, 0.717) is 38.8 Å². The van der Waals surface area contributed by atoms with Gasteiger partial charge in [-0.1, -0.05) is 18.7 Å². The second-order valence-electron chi connectivity index (χ2n) is 12.4. The first-order chi connectivity index (χ1) is 19.6. The van der Waals surface area contributed by atoms with Crippen molar-refractivity contribution in [2.45, 2.75) is 58.7 Å². The van der Waals surface area contributed by atoms with E-state index in [1.54, 1.807) is 4.90 Å². The second kappa shape index (κ2) is 11.7. The summed E-state index contributed by atoms with van der Waals surface area (Å²) in [4.78, 5) is 34.9. The first-order valence-electron chi connectivity index (χ1n) is 14.7. The van der Waals surface area contributed by atoms with E-state index in [4.69, 9.17) is 21.3 Å². The maximum Gasteiger partial charge on any atom is 0.318 e. The van der Waals surface area contributed by atoms with E-state index in [-0.39, 0.29) is 30.0 Å². The summed E-state index contributed by atoms with van der Waals surface area (Å²) in [5.74, 6) is 0.760. The van der Waals surface area contributed by atoms with Crippen LogP contribution in [0.3, 0.4) is 0 Å². The number of rotatable bonds is 9. The minimum absolute atomic E-state index is 0.125. The Morgan fingerprint density at radius 2 is 2.05 bits per heavy atom. The zero-order chi connectivity index (χ0) is 29.3. The molecule has 2 aliphatic heterocycles. The van der Waals surface area contributed by atoms with E-state index in [1.165, 1.54) is 22.9 Å². The SMILES string of the molecule is [C-]#[N+]C[C@H]1CN(c2nc(OCC3(CN(C)C)CC3)nc3c2C[C@H](C)N(c2cccc(C)c2C)C3)CCN1C(=O)C=C. The summed E-state index contributed by atoms with van der Waals surface area (Å²) in [6, 6.07) is 6.95. The summed E-state index contributed by atoms with van der Waals surface area (Å²) in [5, 5.41) is 0. The molecule has 2 atom stereocenters. The predicted molar refractivity (Wildman–Crippen MR) is 162 cm³/mol. The fourth-order valence-corrected chi connectivity index (χ4v) is 6.38. The Bertz CT molecular complexity index is 1350. The molecule has 0 unspecified atom stereocenters. The van der Waals surface area contributed by atoms with Crippen LogP contribution >= 0.6 is 0 Å². The molecule has 0 bridgehead atoms. The average Bonchev–Trinajstić information content (AvgIpc) is 3.71. The van der Waals surface area contributed by atoms with Gasteiger partial charge in [0.05, 0.1) is 18.8 Å². The number of benzene rings is 1. The number of fused-ring (bicyclic) bond motifs is 1. The van der Waals surface area contributed by atoms with Gasteiger partial charge in [0.2, 0.25) is 12.5 Å². The summed E-state index contributed by atoms with van der Waals surface area (Å²) in [5.41, 5.74) is 6.11. The van der Waals surface area contributed by atoms with Crippen LogP contribution in [0.2, 0.25) is 0 Å². The molecule has 0 N–H and O–H groups in total. The van der Waals surface area contributed by atoms with E-state index in [1.807, 2.05) is 0 Å². The van der Waals surface area contributed by atoms with Crippen LogP contribution in [0.5, 0.6) is 6.01 Å². The van der Waals surface area contributed by atoms with Crippen molar-refractivity contribution >= 4 is 17.4 Å². The Balaban J connectivity index is 1.49. The lowest BCUT2D eigenvalue weighted by Gasteiger charge is -2.42. The molecule has 1 amide bonds. The number of aryl methyl sites for hydroxylation is 1. The molecule has 1 saturated heterocycles. The quantitative estimate of drug-likeness (QED) is 0.342. The van der Waals surface area contributed by atoms with Gasteiger partial charge in [-0.3, -0.25) is 4.79 Å². The standard InChI is InChI=1S/C32H43N7O2/c1-8-29(40)38-15-14-37(18-25(38)17-33-5)30-26-16-23(3)39(28-11-9-10-22(2)24(28)4)19-27(26)34-31(35-30)41-21-32(12-13-32)20-36(6)7/h8-11,23,25H,1,12-21H2,2-4,6-7H3/t23-,25-/m0/s1. The lowest BCUT2D eigenvalue weighted by Crippen LogP contribution is -2.56. The van der Waals surface area contributed by atoms with Crippen molar-refractivity contribution in [3.05, 3.63) is 64.7 Å². The van der Waals surface area contributed by atoms with Gasteiger partial charge in [-0.05, 0) is 77.4 Å². The zero-order valence-corrected chi connectivity index (χ0v) is 25.2. The van der Waals surface area contributed by atoms with Crippen molar-refractivity contribution in [1.82, 2.24) is 19.8 Å². The molecule has 1 aromatic carbocycles. The summed E-state index contributed by atoms with van der Waals surface area (Å²) in [6.45, 7) is 22.0. The highest BCUT2D eigenvalue weighted by atomic mass is 16.5. The zero-order valence-electron chi connectivity index (χ0n) is 25.2. The molecule has 9 nitrogen and oxygen atoms in total. The maximum atomic E-state index is 12.5. The monoisotopic (exact) mass is 557 g/mol. The summed E-state index contributed by atoms with van der Waals surface area (Å²) >= 11 is 0. The Hall–Kier alpha value is -3.64. The number of carbonyl (C=O) groups is 1. The first kappa shape index (κ1) is 28.9. The minimum Gasteiger partial charge on any atom is -0.463 e. The van der Waals surface area contributed by atoms with Crippen molar-refractivity contribution < 1.29 is 9.53 Å². The molecular weight excluding hydrogens is 514 g/mol.